The third kappa shape index (κ3) is 5.05. The molecular weight excluding hydrogens is 420 g/mol. The Hall–Kier alpha value is -3.28. The number of rotatable bonds is 8. The summed E-state index contributed by atoms with van der Waals surface area (Å²) in [6.07, 6.45) is 2.46. The summed E-state index contributed by atoms with van der Waals surface area (Å²) in [7, 11) is 0. The molecule has 2 aliphatic carbocycles. The molecule has 33 heavy (non-hydrogen) atoms. The summed E-state index contributed by atoms with van der Waals surface area (Å²) in [6.45, 7) is 3.14. The molecule has 2 aromatic carbocycles. The van der Waals surface area contributed by atoms with Crippen LogP contribution in [0.4, 0.5) is 0 Å². The van der Waals surface area contributed by atoms with Crippen molar-refractivity contribution in [1.82, 2.24) is 0 Å². The van der Waals surface area contributed by atoms with Crippen LogP contribution in [0.15, 0.2) is 48.5 Å². The lowest BCUT2D eigenvalue weighted by molar-refractivity contribution is -0.162. The van der Waals surface area contributed by atoms with E-state index in [1.54, 1.807) is 24.3 Å². The Morgan fingerprint density at radius 2 is 1.03 bits per heavy atom. The molecule has 0 aliphatic heterocycles. The number of fused-ring (bicyclic) bond motifs is 2. The van der Waals surface area contributed by atoms with E-state index in [4.69, 9.17) is 9.47 Å². The van der Waals surface area contributed by atoms with E-state index < -0.39 is 23.8 Å². The summed E-state index contributed by atoms with van der Waals surface area (Å²) < 4.78 is 10.7. The quantitative estimate of drug-likeness (QED) is 0.446. The Morgan fingerprint density at radius 3 is 1.39 bits per heavy atom. The lowest BCUT2D eigenvalue weighted by Gasteiger charge is -2.27. The number of esters is 2. The number of carbonyl (C=O) groups is 4. The molecule has 2 bridgehead atoms. The van der Waals surface area contributed by atoms with Crippen LogP contribution in [0.25, 0.3) is 0 Å². The molecule has 2 aliphatic rings. The van der Waals surface area contributed by atoms with Crippen LogP contribution >= 0.6 is 0 Å². The Kier molecular flexibility index (Phi) is 6.72. The SMILES string of the molecule is Cc1ccc(C(=O)COC(=O)C2C3CCC(C3)C2C(=O)OCC(=O)c2ccc(C)cc2)cc1. The fourth-order valence-electron chi connectivity index (χ4n) is 5.08. The van der Waals surface area contributed by atoms with Gasteiger partial charge in [-0.25, -0.2) is 0 Å². The minimum atomic E-state index is -0.628. The Morgan fingerprint density at radius 1 is 0.667 bits per heavy atom. The first-order valence-corrected chi connectivity index (χ1v) is 11.4. The first-order valence-electron chi connectivity index (χ1n) is 11.4. The number of ether oxygens (including phenoxy) is 2. The molecule has 2 saturated carbocycles. The number of carbonyl (C=O) groups excluding carboxylic acids is 4. The molecule has 4 atom stereocenters. The van der Waals surface area contributed by atoms with Crippen molar-refractivity contribution in [2.24, 2.45) is 23.7 Å². The van der Waals surface area contributed by atoms with Crippen LogP contribution in [0, 0.1) is 37.5 Å². The second-order valence-electron chi connectivity index (χ2n) is 9.18. The molecule has 6 nitrogen and oxygen atoms in total. The first-order chi connectivity index (χ1) is 15.8. The summed E-state index contributed by atoms with van der Waals surface area (Å²) in [6, 6.07) is 14.1. The van der Waals surface area contributed by atoms with E-state index in [1.807, 2.05) is 38.1 Å². The van der Waals surface area contributed by atoms with Crippen molar-refractivity contribution in [3.8, 4) is 0 Å². The average Bonchev–Trinajstić information content (AvgIpc) is 3.43. The molecule has 0 aromatic heterocycles. The van der Waals surface area contributed by atoms with Gasteiger partial charge >= 0.3 is 11.9 Å². The second-order valence-corrected chi connectivity index (χ2v) is 9.18. The smallest absolute Gasteiger partial charge is 0.310 e. The van der Waals surface area contributed by atoms with Crippen LogP contribution in [0.5, 0.6) is 0 Å². The fourth-order valence-corrected chi connectivity index (χ4v) is 5.08. The van der Waals surface area contributed by atoms with E-state index in [-0.39, 0.29) is 36.6 Å². The van der Waals surface area contributed by atoms with Gasteiger partial charge in [0.05, 0.1) is 11.8 Å². The van der Waals surface area contributed by atoms with Crippen molar-refractivity contribution < 1.29 is 28.7 Å². The van der Waals surface area contributed by atoms with Gasteiger partial charge in [-0.1, -0.05) is 59.7 Å². The van der Waals surface area contributed by atoms with Crippen LogP contribution in [-0.2, 0) is 19.1 Å². The highest BCUT2D eigenvalue weighted by atomic mass is 16.5. The number of ketones is 2. The van der Waals surface area contributed by atoms with E-state index in [0.29, 0.717) is 11.1 Å². The summed E-state index contributed by atoms with van der Waals surface area (Å²) in [5.74, 6) is -2.80. The number of aryl methyl sites for hydroxylation is 2. The second kappa shape index (κ2) is 9.69. The summed E-state index contributed by atoms with van der Waals surface area (Å²) in [5.41, 5.74) is 3.03. The van der Waals surface area contributed by atoms with Crippen LogP contribution in [0.2, 0.25) is 0 Å². The third-order valence-corrected chi connectivity index (χ3v) is 6.90. The fraction of sp³-hybridized carbons (Fsp3) is 0.407. The Labute approximate surface area is 193 Å². The molecule has 0 heterocycles. The minimum Gasteiger partial charge on any atom is -0.457 e. The van der Waals surface area contributed by atoms with Crippen LogP contribution < -0.4 is 0 Å². The third-order valence-electron chi connectivity index (χ3n) is 6.90. The Bertz CT molecular complexity index is 968. The van der Waals surface area contributed by atoms with Gasteiger partial charge in [0, 0.05) is 11.1 Å². The topological polar surface area (TPSA) is 86.7 Å². The van der Waals surface area contributed by atoms with Gasteiger partial charge in [-0.3, -0.25) is 19.2 Å². The lowest BCUT2D eigenvalue weighted by Crippen LogP contribution is -2.38. The van der Waals surface area contributed by atoms with Gasteiger partial charge in [-0.2, -0.15) is 0 Å². The summed E-state index contributed by atoms with van der Waals surface area (Å²) >= 11 is 0. The largest absolute Gasteiger partial charge is 0.457 e. The van der Waals surface area contributed by atoms with E-state index in [1.165, 1.54) is 0 Å². The van der Waals surface area contributed by atoms with Crippen LogP contribution in [0.1, 0.15) is 51.1 Å². The molecule has 6 heteroatoms. The highest BCUT2D eigenvalue weighted by Crippen LogP contribution is 2.53. The van der Waals surface area contributed by atoms with E-state index >= 15 is 0 Å². The van der Waals surface area contributed by atoms with Gasteiger partial charge < -0.3 is 9.47 Å². The monoisotopic (exact) mass is 448 g/mol. The van der Waals surface area contributed by atoms with Crippen molar-refractivity contribution in [2.45, 2.75) is 33.1 Å². The lowest BCUT2D eigenvalue weighted by atomic mass is 9.79. The first kappa shape index (κ1) is 22.9. The molecule has 172 valence electrons. The predicted octanol–water partition coefficient (Wildman–Crippen LogP) is 4.12. The number of hydrogen-bond donors (Lipinski definition) is 0. The molecule has 4 rings (SSSR count). The molecule has 0 saturated heterocycles. The summed E-state index contributed by atoms with van der Waals surface area (Å²) in [5, 5.41) is 0. The minimum absolute atomic E-state index is 0.0438. The van der Waals surface area contributed by atoms with Crippen molar-refractivity contribution in [1.29, 1.82) is 0 Å². The van der Waals surface area contributed by atoms with E-state index in [9.17, 15) is 19.2 Å². The van der Waals surface area contributed by atoms with Crippen molar-refractivity contribution in [3.63, 3.8) is 0 Å². The molecule has 0 amide bonds. The van der Waals surface area contributed by atoms with E-state index in [2.05, 4.69) is 0 Å². The molecule has 0 spiro atoms. The van der Waals surface area contributed by atoms with Gasteiger partial charge in [-0.15, -0.1) is 0 Å². The summed E-state index contributed by atoms with van der Waals surface area (Å²) in [4.78, 5) is 50.5. The molecule has 0 N–H and O–H groups in total. The molecule has 2 aromatic rings. The van der Waals surface area contributed by atoms with Gasteiger partial charge in [0.15, 0.2) is 24.8 Å². The van der Waals surface area contributed by atoms with Gasteiger partial charge in [0.1, 0.15) is 0 Å². The van der Waals surface area contributed by atoms with Crippen molar-refractivity contribution in [3.05, 3.63) is 70.8 Å². The van der Waals surface area contributed by atoms with Crippen LogP contribution in [0.3, 0.4) is 0 Å². The number of hydrogen-bond acceptors (Lipinski definition) is 6. The molecule has 4 unspecified atom stereocenters. The maximum absolute atomic E-state index is 12.9. The zero-order valence-electron chi connectivity index (χ0n) is 18.9. The predicted molar refractivity (Wildman–Crippen MR) is 121 cm³/mol. The van der Waals surface area contributed by atoms with Gasteiger partial charge in [0.25, 0.3) is 0 Å². The zero-order chi connectivity index (χ0) is 23.5. The molecular formula is C27H28O6. The van der Waals surface area contributed by atoms with Gasteiger partial charge in [0.2, 0.25) is 0 Å². The van der Waals surface area contributed by atoms with Crippen LogP contribution in [-0.4, -0.2) is 36.7 Å². The average molecular weight is 449 g/mol. The van der Waals surface area contributed by atoms with Gasteiger partial charge in [-0.05, 0) is 44.9 Å². The number of Topliss-reactive ketones (excluding diaryl/α,β-unsaturated/α-hetero) is 2. The molecule has 0 radical (unpaired) electrons. The normalized spacial score (nSPS) is 23.2. The molecule has 2 fully saturated rings. The highest BCUT2D eigenvalue weighted by Gasteiger charge is 2.55. The van der Waals surface area contributed by atoms with Crippen molar-refractivity contribution in [2.75, 3.05) is 13.2 Å². The highest BCUT2D eigenvalue weighted by molar-refractivity contribution is 5.99. The maximum Gasteiger partial charge on any atom is 0.310 e. The number of benzene rings is 2. The van der Waals surface area contributed by atoms with E-state index in [0.717, 1.165) is 30.4 Å². The van der Waals surface area contributed by atoms with Crippen molar-refractivity contribution >= 4 is 23.5 Å². The Balaban J connectivity index is 1.35. The maximum atomic E-state index is 12.9. The zero-order valence-corrected chi connectivity index (χ0v) is 18.9. The standard InChI is InChI=1S/C27H28O6/c1-16-3-7-18(8-4-16)22(28)14-32-26(30)24-20-11-12-21(13-20)25(24)27(31)33-15-23(29)19-9-5-17(2)6-10-19/h3-10,20-21,24-25H,11-15H2,1-2H3.